The lowest BCUT2D eigenvalue weighted by atomic mass is 9.92. The Morgan fingerprint density at radius 2 is 1.62 bits per heavy atom. The second-order valence-corrected chi connectivity index (χ2v) is 12.0. The van der Waals surface area contributed by atoms with Crippen LogP contribution >= 0.6 is 0 Å². The summed E-state index contributed by atoms with van der Waals surface area (Å²) in [6.07, 6.45) is 2.52. The Kier molecular flexibility index (Phi) is 10.3. The van der Waals surface area contributed by atoms with E-state index in [1.165, 1.54) is 18.4 Å². The number of fused-ring (bicyclic) bond motifs is 1. The molecule has 42 heavy (non-hydrogen) atoms. The number of likely N-dealkylation sites (tertiary alicyclic amines) is 1. The van der Waals surface area contributed by atoms with Crippen molar-refractivity contribution in [2.45, 2.75) is 66.7 Å². The fourth-order valence-corrected chi connectivity index (χ4v) is 5.07. The summed E-state index contributed by atoms with van der Waals surface area (Å²) in [5, 5.41) is 12.8. The normalized spacial score (nSPS) is 14.3. The van der Waals surface area contributed by atoms with Gasteiger partial charge in [0.15, 0.2) is 0 Å². The summed E-state index contributed by atoms with van der Waals surface area (Å²) in [5.74, 6) is 2.27. The highest BCUT2D eigenvalue weighted by molar-refractivity contribution is 6.07. The lowest BCUT2D eigenvalue weighted by Crippen LogP contribution is -2.35. The third-order valence-electron chi connectivity index (χ3n) is 7.67. The van der Waals surface area contributed by atoms with Gasteiger partial charge in [-0.1, -0.05) is 83.5 Å². The molecule has 0 aliphatic carbocycles. The van der Waals surface area contributed by atoms with Crippen molar-refractivity contribution in [2.24, 2.45) is 5.92 Å². The molecule has 1 aliphatic rings. The highest BCUT2D eigenvalue weighted by Crippen LogP contribution is 2.32. The van der Waals surface area contributed by atoms with E-state index >= 15 is 0 Å². The van der Waals surface area contributed by atoms with E-state index in [0.29, 0.717) is 12.4 Å². The Morgan fingerprint density at radius 1 is 0.952 bits per heavy atom. The van der Waals surface area contributed by atoms with Gasteiger partial charge in [0, 0.05) is 28.8 Å². The minimum absolute atomic E-state index is 0.165. The first-order valence-corrected chi connectivity index (χ1v) is 15.3. The van der Waals surface area contributed by atoms with Crippen LogP contribution in [0, 0.1) is 12.8 Å². The van der Waals surface area contributed by atoms with Crippen molar-refractivity contribution in [1.29, 1.82) is 0 Å². The van der Waals surface area contributed by atoms with Gasteiger partial charge >= 0.3 is 6.03 Å². The molecule has 0 bridgehead atoms. The van der Waals surface area contributed by atoms with Crippen LogP contribution in [0.4, 0.5) is 16.3 Å². The fourth-order valence-electron chi connectivity index (χ4n) is 5.07. The molecule has 2 amide bonds. The molecule has 7 nitrogen and oxygen atoms in total. The molecule has 4 aromatic rings. The highest BCUT2D eigenvalue weighted by atomic mass is 16.5. The molecule has 2 N–H and O–H groups in total. The van der Waals surface area contributed by atoms with E-state index in [-0.39, 0.29) is 11.4 Å². The first kappa shape index (κ1) is 31.1. The van der Waals surface area contributed by atoms with Crippen LogP contribution in [0.5, 0.6) is 5.75 Å². The largest absolute Gasteiger partial charge is 0.492 e. The van der Waals surface area contributed by atoms with E-state index in [4.69, 9.17) is 9.84 Å². The third kappa shape index (κ3) is 7.71. The first-order valence-electron chi connectivity index (χ1n) is 15.3. The second-order valence-electron chi connectivity index (χ2n) is 12.0. The van der Waals surface area contributed by atoms with Gasteiger partial charge in [-0.2, -0.15) is 5.10 Å². The Morgan fingerprint density at radius 3 is 2.29 bits per heavy atom. The van der Waals surface area contributed by atoms with Crippen molar-refractivity contribution < 1.29 is 9.53 Å². The van der Waals surface area contributed by atoms with E-state index < -0.39 is 0 Å². The predicted molar refractivity (Wildman–Crippen MR) is 175 cm³/mol. The average Bonchev–Trinajstić information content (AvgIpc) is 3.41. The van der Waals surface area contributed by atoms with Crippen molar-refractivity contribution in [3.63, 3.8) is 0 Å². The maximum Gasteiger partial charge on any atom is 0.324 e. The summed E-state index contributed by atoms with van der Waals surface area (Å²) in [5.41, 5.74) is 3.51. The Labute approximate surface area is 251 Å². The molecule has 0 radical (unpaired) electrons. The number of hydrogen-bond acceptors (Lipinski definition) is 4. The zero-order valence-corrected chi connectivity index (χ0v) is 26.3. The minimum atomic E-state index is -0.327. The van der Waals surface area contributed by atoms with Crippen molar-refractivity contribution in [3.05, 3.63) is 78.0 Å². The molecule has 1 saturated heterocycles. The molecule has 0 spiro atoms. The molecule has 2 heterocycles. The predicted octanol–water partition coefficient (Wildman–Crippen LogP) is 8.41. The molecular formula is C35H47N5O2. The number of nitrogens with zero attached hydrogens (tertiary/aromatic N) is 3. The van der Waals surface area contributed by atoms with Gasteiger partial charge in [-0.25, -0.2) is 9.48 Å². The van der Waals surface area contributed by atoms with Gasteiger partial charge in [0.25, 0.3) is 0 Å². The summed E-state index contributed by atoms with van der Waals surface area (Å²) in [7, 11) is 0. The van der Waals surface area contributed by atoms with Crippen LogP contribution in [0.25, 0.3) is 16.5 Å². The number of carbonyl (C=O) groups is 1. The monoisotopic (exact) mass is 569 g/mol. The van der Waals surface area contributed by atoms with Crippen molar-refractivity contribution >= 4 is 28.3 Å². The lowest BCUT2D eigenvalue weighted by Gasteiger charge is -2.30. The molecule has 1 aromatic heterocycles. The SMILES string of the molecule is CC.Cc1ccc(-n2nc(C(C)(C)C)cc2NC(=O)Nc2ccc(OCCN3CCC(C)CC3)c3ccccc23)cc1. The number of aromatic nitrogens is 2. The first-order chi connectivity index (χ1) is 20.2. The van der Waals surface area contributed by atoms with Gasteiger partial charge in [0.1, 0.15) is 18.2 Å². The van der Waals surface area contributed by atoms with Gasteiger partial charge in [-0.05, 0) is 63.0 Å². The lowest BCUT2D eigenvalue weighted by molar-refractivity contribution is 0.161. The molecular weight excluding hydrogens is 522 g/mol. The Balaban J connectivity index is 0.00000198. The molecule has 0 saturated carbocycles. The van der Waals surface area contributed by atoms with E-state index in [1.54, 1.807) is 4.68 Å². The van der Waals surface area contributed by atoms with Gasteiger partial charge in [0.2, 0.25) is 0 Å². The number of carbonyl (C=O) groups excluding carboxylic acids is 1. The quantitative estimate of drug-likeness (QED) is 0.234. The smallest absolute Gasteiger partial charge is 0.324 e. The zero-order valence-electron chi connectivity index (χ0n) is 26.3. The third-order valence-corrected chi connectivity index (χ3v) is 7.67. The van der Waals surface area contributed by atoms with Crippen LogP contribution in [0.15, 0.2) is 66.7 Å². The van der Waals surface area contributed by atoms with Crippen LogP contribution in [-0.2, 0) is 5.41 Å². The van der Waals surface area contributed by atoms with E-state index in [2.05, 4.69) is 50.2 Å². The molecule has 3 aromatic carbocycles. The maximum absolute atomic E-state index is 13.3. The van der Waals surface area contributed by atoms with Crippen molar-refractivity contribution in [2.75, 3.05) is 36.9 Å². The summed E-state index contributed by atoms with van der Waals surface area (Å²) >= 11 is 0. The van der Waals surface area contributed by atoms with Crippen LogP contribution < -0.4 is 15.4 Å². The number of anilines is 2. The number of nitrogens with one attached hydrogen (secondary N) is 2. The minimum Gasteiger partial charge on any atom is -0.492 e. The molecule has 7 heteroatoms. The molecule has 1 aliphatic heterocycles. The topological polar surface area (TPSA) is 71.4 Å². The van der Waals surface area contributed by atoms with Crippen LogP contribution in [0.2, 0.25) is 0 Å². The average molecular weight is 570 g/mol. The summed E-state index contributed by atoms with van der Waals surface area (Å²) in [6.45, 7) is 18.6. The van der Waals surface area contributed by atoms with E-state index in [1.807, 2.05) is 80.6 Å². The zero-order chi connectivity index (χ0) is 30.3. The van der Waals surface area contributed by atoms with Crippen LogP contribution in [0.3, 0.4) is 0 Å². The maximum atomic E-state index is 13.3. The number of benzene rings is 3. The molecule has 1 fully saturated rings. The Bertz CT molecular complexity index is 1460. The van der Waals surface area contributed by atoms with Crippen LogP contribution in [0.1, 0.15) is 65.6 Å². The number of ether oxygens (including phenoxy) is 1. The summed E-state index contributed by atoms with van der Waals surface area (Å²) in [6, 6.07) is 21.6. The number of urea groups is 1. The molecule has 224 valence electrons. The van der Waals surface area contributed by atoms with Gasteiger partial charge < -0.3 is 10.1 Å². The summed E-state index contributed by atoms with van der Waals surface area (Å²) < 4.78 is 8.02. The van der Waals surface area contributed by atoms with E-state index in [0.717, 1.165) is 59.1 Å². The second kappa shape index (κ2) is 13.9. The molecule has 0 atom stereocenters. The van der Waals surface area contributed by atoms with Gasteiger partial charge in [-0.15, -0.1) is 0 Å². The number of amides is 2. The number of aryl methyl sites for hydroxylation is 1. The van der Waals surface area contributed by atoms with Crippen molar-refractivity contribution in [3.8, 4) is 11.4 Å². The number of piperidine rings is 1. The van der Waals surface area contributed by atoms with E-state index in [9.17, 15) is 4.79 Å². The highest BCUT2D eigenvalue weighted by Gasteiger charge is 2.22. The fraction of sp³-hybridized carbons (Fsp3) is 0.429. The van der Waals surface area contributed by atoms with Crippen LogP contribution in [-0.4, -0.2) is 47.0 Å². The van der Waals surface area contributed by atoms with Gasteiger partial charge in [-0.3, -0.25) is 10.2 Å². The van der Waals surface area contributed by atoms with Gasteiger partial charge in [0.05, 0.1) is 17.1 Å². The summed E-state index contributed by atoms with van der Waals surface area (Å²) in [4.78, 5) is 15.8. The number of hydrogen-bond donors (Lipinski definition) is 2. The molecule has 5 rings (SSSR count). The van der Waals surface area contributed by atoms with Crippen molar-refractivity contribution in [1.82, 2.24) is 14.7 Å². The standard InChI is InChI=1S/C33H41N5O2.C2H6/c1-23-10-12-25(13-11-23)38-31(22-30(36-38)33(3,4)5)35-32(39)34-28-14-15-29(27-9-7-6-8-26(27)28)40-21-20-37-18-16-24(2)17-19-37;1-2/h6-15,22,24H,16-21H2,1-5H3,(H2,34,35,39);1-2H3. The number of rotatable bonds is 7. The molecule has 0 unspecified atom stereocenters. The Hall–Kier alpha value is -3.84.